The lowest BCUT2D eigenvalue weighted by molar-refractivity contribution is -0.130. The highest BCUT2D eigenvalue weighted by Gasteiger charge is 2.33. The number of hydrazone groups is 1. The van der Waals surface area contributed by atoms with Gasteiger partial charge in [0.15, 0.2) is 0 Å². The summed E-state index contributed by atoms with van der Waals surface area (Å²) in [5.41, 5.74) is 5.38. The number of carbonyl (C=O) groups excluding carboxylic acids is 1. The molecule has 0 radical (unpaired) electrons. The van der Waals surface area contributed by atoms with Crippen LogP contribution in [0.4, 0.5) is 0 Å². The maximum Gasteiger partial charge on any atom is 0.253 e. The van der Waals surface area contributed by atoms with E-state index in [0.29, 0.717) is 12.2 Å². The maximum absolute atomic E-state index is 13.5. The minimum absolute atomic E-state index is 0.00650. The summed E-state index contributed by atoms with van der Waals surface area (Å²) >= 11 is 1.57. The van der Waals surface area contributed by atoms with Crippen molar-refractivity contribution in [3.05, 3.63) is 95.7 Å². The van der Waals surface area contributed by atoms with Crippen LogP contribution in [0.2, 0.25) is 0 Å². The van der Waals surface area contributed by atoms with Crippen molar-refractivity contribution in [3.63, 3.8) is 0 Å². The first kappa shape index (κ1) is 22.3. The molecule has 1 unspecified atom stereocenters. The Morgan fingerprint density at radius 2 is 1.79 bits per heavy atom. The minimum Gasteiger partial charge on any atom is -0.497 e. The molecule has 34 heavy (non-hydrogen) atoms. The number of hydrogen-bond donors (Lipinski definition) is 0. The molecule has 3 aromatic carbocycles. The van der Waals surface area contributed by atoms with Crippen LogP contribution >= 0.6 is 11.8 Å². The summed E-state index contributed by atoms with van der Waals surface area (Å²) in [6.45, 7) is 2.07. The van der Waals surface area contributed by atoms with Crippen molar-refractivity contribution in [1.82, 2.24) is 9.58 Å². The van der Waals surface area contributed by atoms with Gasteiger partial charge < -0.3 is 9.30 Å². The lowest BCUT2D eigenvalue weighted by Gasteiger charge is -2.22. The Balaban J connectivity index is 1.41. The molecule has 5 rings (SSSR count). The molecule has 0 aliphatic carbocycles. The van der Waals surface area contributed by atoms with Gasteiger partial charge >= 0.3 is 0 Å². The molecule has 2 heterocycles. The molecule has 0 spiro atoms. The van der Waals surface area contributed by atoms with Crippen LogP contribution in [0.3, 0.4) is 0 Å². The number of methoxy groups -OCH3 is 1. The second-order valence-electron chi connectivity index (χ2n) is 8.55. The van der Waals surface area contributed by atoms with Crippen molar-refractivity contribution in [2.75, 3.05) is 12.9 Å². The fraction of sp³-hybridized carbons (Fsp3) is 0.214. The van der Waals surface area contributed by atoms with Gasteiger partial charge in [-0.2, -0.15) is 5.10 Å². The summed E-state index contributed by atoms with van der Waals surface area (Å²) in [6, 6.07) is 24.4. The number of ether oxygens (including phenoxy) is 1. The number of thioether (sulfide) groups is 1. The van der Waals surface area contributed by atoms with Gasteiger partial charge in [-0.1, -0.05) is 48.0 Å². The lowest BCUT2D eigenvalue weighted by atomic mass is 9.97. The highest BCUT2D eigenvalue weighted by Crippen LogP contribution is 2.35. The van der Waals surface area contributed by atoms with E-state index in [1.807, 2.05) is 43.4 Å². The number of aryl methyl sites for hydroxylation is 2. The van der Waals surface area contributed by atoms with Gasteiger partial charge in [0, 0.05) is 35.5 Å². The van der Waals surface area contributed by atoms with Crippen molar-refractivity contribution >= 4 is 34.3 Å². The lowest BCUT2D eigenvalue weighted by Crippen LogP contribution is -2.28. The summed E-state index contributed by atoms with van der Waals surface area (Å²) in [7, 11) is 3.69. The number of rotatable bonds is 6. The molecule has 1 aliphatic rings. The van der Waals surface area contributed by atoms with Crippen LogP contribution in [0.15, 0.2) is 89.0 Å². The Morgan fingerprint density at radius 3 is 2.53 bits per heavy atom. The largest absolute Gasteiger partial charge is 0.497 e. The Hall–Kier alpha value is -3.51. The monoisotopic (exact) mass is 469 g/mol. The zero-order valence-electron chi connectivity index (χ0n) is 19.6. The van der Waals surface area contributed by atoms with Gasteiger partial charge in [-0.05, 0) is 48.4 Å². The van der Waals surface area contributed by atoms with E-state index in [1.165, 1.54) is 10.9 Å². The molecule has 1 atom stereocenters. The molecule has 0 saturated carbocycles. The Kier molecular flexibility index (Phi) is 6.16. The highest BCUT2D eigenvalue weighted by molar-refractivity contribution is 8.00. The summed E-state index contributed by atoms with van der Waals surface area (Å²) in [5.74, 6) is 1.14. The molecule has 1 aromatic heterocycles. The first-order chi connectivity index (χ1) is 16.5. The van der Waals surface area contributed by atoms with Crippen molar-refractivity contribution < 1.29 is 9.53 Å². The third kappa shape index (κ3) is 4.33. The zero-order valence-corrected chi connectivity index (χ0v) is 20.4. The first-order valence-corrected chi connectivity index (χ1v) is 12.3. The van der Waals surface area contributed by atoms with Crippen LogP contribution < -0.4 is 4.74 Å². The number of para-hydroxylation sites is 1. The minimum atomic E-state index is -0.113. The first-order valence-electron chi connectivity index (χ1n) is 11.3. The third-order valence-electron chi connectivity index (χ3n) is 6.26. The number of aromatic nitrogens is 1. The second kappa shape index (κ2) is 9.39. The van der Waals surface area contributed by atoms with Crippen LogP contribution in [0.5, 0.6) is 5.75 Å². The molecule has 4 aromatic rings. The SMILES string of the molecule is COc1ccc(C2=NN(C(=O)CSc3cn(C)c4ccccc34)C(c3ccc(C)cc3)C2)cc1. The molecule has 1 aliphatic heterocycles. The van der Waals surface area contributed by atoms with E-state index < -0.39 is 0 Å². The van der Waals surface area contributed by atoms with E-state index in [-0.39, 0.29) is 11.9 Å². The molecule has 0 fully saturated rings. The predicted molar refractivity (Wildman–Crippen MR) is 139 cm³/mol. The topological polar surface area (TPSA) is 46.8 Å². The maximum atomic E-state index is 13.5. The van der Waals surface area contributed by atoms with Crippen LogP contribution in [0, 0.1) is 6.92 Å². The molecule has 1 amide bonds. The normalized spacial score (nSPS) is 15.6. The van der Waals surface area contributed by atoms with E-state index >= 15 is 0 Å². The number of nitrogens with zero attached hydrogens (tertiary/aromatic N) is 3. The van der Waals surface area contributed by atoms with Gasteiger partial charge in [-0.15, -0.1) is 11.8 Å². The molecular formula is C28H27N3O2S. The number of hydrogen-bond acceptors (Lipinski definition) is 4. The summed E-state index contributed by atoms with van der Waals surface area (Å²) in [5, 5.41) is 7.67. The Labute approximate surface area is 204 Å². The van der Waals surface area contributed by atoms with Gasteiger partial charge in [0.05, 0.1) is 24.6 Å². The number of benzene rings is 3. The van der Waals surface area contributed by atoms with Gasteiger partial charge in [0.1, 0.15) is 5.75 Å². The van der Waals surface area contributed by atoms with Gasteiger partial charge in [-0.25, -0.2) is 5.01 Å². The van der Waals surface area contributed by atoms with Crippen LogP contribution in [-0.2, 0) is 11.8 Å². The van der Waals surface area contributed by atoms with Crippen LogP contribution in [-0.4, -0.2) is 34.1 Å². The standard InChI is InChI=1S/C28H27N3O2S/c1-19-8-10-21(11-9-19)26-16-24(20-12-14-22(33-3)15-13-20)29-31(26)28(32)18-34-27-17-30(2)25-7-5-4-6-23(25)27/h4-15,17,26H,16,18H2,1-3H3. The summed E-state index contributed by atoms with van der Waals surface area (Å²) in [4.78, 5) is 14.6. The van der Waals surface area contributed by atoms with E-state index in [4.69, 9.17) is 9.84 Å². The zero-order chi connectivity index (χ0) is 23.7. The highest BCUT2D eigenvalue weighted by atomic mass is 32.2. The van der Waals surface area contributed by atoms with Crippen molar-refractivity contribution in [2.24, 2.45) is 12.1 Å². The van der Waals surface area contributed by atoms with Crippen LogP contribution in [0.1, 0.15) is 29.2 Å². The molecule has 6 heteroatoms. The molecule has 0 N–H and O–H groups in total. The fourth-order valence-corrected chi connectivity index (χ4v) is 5.34. The fourth-order valence-electron chi connectivity index (χ4n) is 4.37. The quantitative estimate of drug-likeness (QED) is 0.327. The molecule has 0 saturated heterocycles. The van der Waals surface area contributed by atoms with Crippen molar-refractivity contribution in [1.29, 1.82) is 0 Å². The molecular weight excluding hydrogens is 442 g/mol. The average molecular weight is 470 g/mol. The summed E-state index contributed by atoms with van der Waals surface area (Å²) < 4.78 is 7.39. The number of amides is 1. The number of carbonyl (C=O) groups is 1. The van der Waals surface area contributed by atoms with Crippen molar-refractivity contribution in [2.45, 2.75) is 24.3 Å². The van der Waals surface area contributed by atoms with E-state index in [9.17, 15) is 4.79 Å². The van der Waals surface area contributed by atoms with Crippen LogP contribution in [0.25, 0.3) is 10.9 Å². The van der Waals surface area contributed by atoms with E-state index in [1.54, 1.807) is 23.9 Å². The average Bonchev–Trinajstić information content (AvgIpc) is 3.45. The van der Waals surface area contributed by atoms with E-state index in [0.717, 1.165) is 33.0 Å². The number of fused-ring (bicyclic) bond motifs is 1. The van der Waals surface area contributed by atoms with E-state index in [2.05, 4.69) is 54.1 Å². The molecule has 172 valence electrons. The predicted octanol–water partition coefficient (Wildman–Crippen LogP) is 5.97. The Morgan fingerprint density at radius 1 is 1.06 bits per heavy atom. The van der Waals surface area contributed by atoms with Crippen molar-refractivity contribution in [3.8, 4) is 5.75 Å². The molecule has 0 bridgehead atoms. The second-order valence-corrected chi connectivity index (χ2v) is 9.57. The third-order valence-corrected chi connectivity index (χ3v) is 7.29. The Bertz CT molecular complexity index is 1360. The van der Waals surface area contributed by atoms with Gasteiger partial charge in [-0.3, -0.25) is 4.79 Å². The molecule has 5 nitrogen and oxygen atoms in total. The summed E-state index contributed by atoms with van der Waals surface area (Å²) in [6.07, 6.45) is 2.77. The van der Waals surface area contributed by atoms with Gasteiger partial charge in [0.2, 0.25) is 0 Å². The smallest absolute Gasteiger partial charge is 0.253 e. The van der Waals surface area contributed by atoms with Gasteiger partial charge in [0.25, 0.3) is 5.91 Å².